The van der Waals surface area contributed by atoms with Gasteiger partial charge in [-0.3, -0.25) is 0 Å². The van der Waals surface area contributed by atoms with E-state index in [1.165, 1.54) is 18.2 Å². The van der Waals surface area contributed by atoms with Crippen LogP contribution in [0.1, 0.15) is 43.0 Å². The van der Waals surface area contributed by atoms with Crippen LogP contribution in [0.25, 0.3) is 0 Å². The van der Waals surface area contributed by atoms with E-state index in [0.717, 1.165) is 25.7 Å². The molecule has 0 heterocycles. The Hall–Kier alpha value is -0.920. The van der Waals surface area contributed by atoms with Crippen molar-refractivity contribution in [2.24, 2.45) is 5.41 Å². The number of aromatic carboxylic acids is 1. The summed E-state index contributed by atoms with van der Waals surface area (Å²) >= 11 is 3.17. The van der Waals surface area contributed by atoms with E-state index in [1.54, 1.807) is 0 Å². The molecule has 0 unspecified atom stereocenters. The standard InChI is InChI=1S/C14H18BrNO4S/c1-14(6-2-3-7-14)9-16-21(19,20)12-8-10(13(17)18)4-5-11(12)15/h4-5,8,16H,2-3,6-7,9H2,1H3,(H,17,18). The summed E-state index contributed by atoms with van der Waals surface area (Å²) in [5, 5.41) is 8.98. The molecule has 1 saturated carbocycles. The molecule has 1 fully saturated rings. The summed E-state index contributed by atoms with van der Waals surface area (Å²) in [5.41, 5.74) is -0.0603. The molecule has 5 nitrogen and oxygen atoms in total. The van der Waals surface area contributed by atoms with Gasteiger partial charge in [-0.1, -0.05) is 19.8 Å². The first-order chi connectivity index (χ1) is 9.73. The lowest BCUT2D eigenvalue weighted by Gasteiger charge is -2.23. The molecule has 7 heteroatoms. The SMILES string of the molecule is CC1(CNS(=O)(=O)c2cc(C(=O)O)ccc2Br)CCCC1. The first-order valence-corrected chi connectivity index (χ1v) is 9.04. The highest BCUT2D eigenvalue weighted by Crippen LogP contribution is 2.37. The van der Waals surface area contributed by atoms with Gasteiger partial charge in [0.2, 0.25) is 10.0 Å². The van der Waals surface area contributed by atoms with E-state index >= 15 is 0 Å². The topological polar surface area (TPSA) is 83.5 Å². The molecule has 21 heavy (non-hydrogen) atoms. The molecule has 0 saturated heterocycles. The van der Waals surface area contributed by atoms with Gasteiger partial charge < -0.3 is 5.11 Å². The quantitative estimate of drug-likeness (QED) is 0.828. The van der Waals surface area contributed by atoms with Crippen LogP contribution in [0.2, 0.25) is 0 Å². The van der Waals surface area contributed by atoms with Crippen molar-refractivity contribution in [3.63, 3.8) is 0 Å². The smallest absolute Gasteiger partial charge is 0.335 e. The van der Waals surface area contributed by atoms with Crippen molar-refractivity contribution >= 4 is 31.9 Å². The fraction of sp³-hybridized carbons (Fsp3) is 0.500. The third kappa shape index (κ3) is 3.84. The molecular weight excluding hydrogens is 358 g/mol. The van der Waals surface area contributed by atoms with Crippen LogP contribution in [0.3, 0.4) is 0 Å². The van der Waals surface area contributed by atoms with Crippen molar-refractivity contribution < 1.29 is 18.3 Å². The van der Waals surface area contributed by atoms with Gasteiger partial charge in [0, 0.05) is 11.0 Å². The number of sulfonamides is 1. The van der Waals surface area contributed by atoms with Crippen molar-refractivity contribution in [2.75, 3.05) is 6.54 Å². The highest BCUT2D eigenvalue weighted by Gasteiger charge is 2.31. The summed E-state index contributed by atoms with van der Waals surface area (Å²) in [5.74, 6) is -1.15. The molecular formula is C14H18BrNO4S. The fourth-order valence-corrected chi connectivity index (χ4v) is 4.78. The van der Waals surface area contributed by atoms with Crippen LogP contribution in [-0.2, 0) is 10.0 Å². The molecule has 0 amide bonds. The maximum absolute atomic E-state index is 12.4. The third-order valence-electron chi connectivity index (χ3n) is 3.97. The van der Waals surface area contributed by atoms with E-state index in [-0.39, 0.29) is 15.9 Å². The van der Waals surface area contributed by atoms with Gasteiger partial charge >= 0.3 is 5.97 Å². The summed E-state index contributed by atoms with van der Waals surface area (Å²) in [6.45, 7) is 2.45. The minimum absolute atomic E-state index is 0.00997. The van der Waals surface area contributed by atoms with Gasteiger partial charge in [-0.05, 0) is 52.4 Å². The lowest BCUT2D eigenvalue weighted by molar-refractivity contribution is 0.0696. The van der Waals surface area contributed by atoms with Gasteiger partial charge in [-0.25, -0.2) is 17.9 Å². The molecule has 1 aliphatic carbocycles. The highest BCUT2D eigenvalue weighted by molar-refractivity contribution is 9.10. The Labute approximate surface area is 132 Å². The summed E-state index contributed by atoms with van der Waals surface area (Å²) in [6, 6.07) is 3.98. The Morgan fingerprint density at radius 2 is 2.00 bits per heavy atom. The Bertz CT molecular complexity index is 651. The van der Waals surface area contributed by atoms with Crippen LogP contribution in [-0.4, -0.2) is 26.0 Å². The van der Waals surface area contributed by atoms with Crippen molar-refractivity contribution in [2.45, 2.75) is 37.5 Å². The number of carbonyl (C=O) groups is 1. The molecule has 1 aliphatic rings. The molecule has 1 aromatic rings. The van der Waals surface area contributed by atoms with Crippen molar-refractivity contribution in [3.05, 3.63) is 28.2 Å². The van der Waals surface area contributed by atoms with E-state index < -0.39 is 16.0 Å². The number of benzene rings is 1. The molecule has 0 bridgehead atoms. The second kappa shape index (κ2) is 6.06. The van der Waals surface area contributed by atoms with E-state index in [1.807, 2.05) is 0 Å². The van der Waals surface area contributed by atoms with Crippen molar-refractivity contribution in [1.29, 1.82) is 0 Å². The van der Waals surface area contributed by atoms with Crippen molar-refractivity contribution in [1.82, 2.24) is 4.72 Å². The molecule has 2 N–H and O–H groups in total. The number of rotatable bonds is 5. The second-order valence-corrected chi connectivity index (χ2v) is 8.38. The predicted molar refractivity (Wildman–Crippen MR) is 82.9 cm³/mol. The van der Waals surface area contributed by atoms with E-state index in [0.29, 0.717) is 11.0 Å². The average Bonchev–Trinajstić information content (AvgIpc) is 2.84. The summed E-state index contributed by atoms with van der Waals surface area (Å²) in [4.78, 5) is 10.9. The number of carboxylic acid groups (broad SMARTS) is 1. The zero-order valence-electron chi connectivity index (χ0n) is 11.7. The first-order valence-electron chi connectivity index (χ1n) is 6.76. The van der Waals surface area contributed by atoms with Crippen molar-refractivity contribution in [3.8, 4) is 0 Å². The van der Waals surface area contributed by atoms with Crippen LogP contribution in [0, 0.1) is 5.41 Å². The Balaban J connectivity index is 2.23. The number of carboxylic acids is 1. The molecule has 2 rings (SSSR count). The van der Waals surface area contributed by atoms with Crippen LogP contribution >= 0.6 is 15.9 Å². The third-order valence-corrected chi connectivity index (χ3v) is 6.36. The predicted octanol–water partition coefficient (Wildman–Crippen LogP) is 3.01. The van der Waals surface area contributed by atoms with E-state index in [2.05, 4.69) is 27.6 Å². The number of halogens is 1. The fourth-order valence-electron chi connectivity index (χ4n) is 2.59. The monoisotopic (exact) mass is 375 g/mol. The normalized spacial score (nSPS) is 17.8. The molecule has 0 radical (unpaired) electrons. The van der Waals surface area contributed by atoms with Crippen LogP contribution in [0.4, 0.5) is 0 Å². The number of nitrogens with one attached hydrogen (secondary N) is 1. The molecule has 0 aromatic heterocycles. The molecule has 116 valence electrons. The minimum Gasteiger partial charge on any atom is -0.478 e. The van der Waals surface area contributed by atoms with E-state index in [4.69, 9.17) is 5.11 Å². The maximum Gasteiger partial charge on any atom is 0.335 e. The van der Waals surface area contributed by atoms with Gasteiger partial charge in [0.05, 0.1) is 10.5 Å². The summed E-state index contributed by atoms with van der Waals surface area (Å²) in [7, 11) is -3.73. The van der Waals surface area contributed by atoms with E-state index in [9.17, 15) is 13.2 Å². The van der Waals surface area contributed by atoms with Gasteiger partial charge in [0.15, 0.2) is 0 Å². The van der Waals surface area contributed by atoms with Crippen LogP contribution < -0.4 is 4.72 Å². The lowest BCUT2D eigenvalue weighted by atomic mass is 9.89. The summed E-state index contributed by atoms with van der Waals surface area (Å²) < 4.78 is 27.8. The zero-order valence-corrected chi connectivity index (χ0v) is 14.1. The number of hydrogen-bond donors (Lipinski definition) is 2. The minimum atomic E-state index is -3.73. The Morgan fingerprint density at radius 3 is 2.57 bits per heavy atom. The Morgan fingerprint density at radius 1 is 1.38 bits per heavy atom. The van der Waals surface area contributed by atoms with Crippen LogP contribution in [0.5, 0.6) is 0 Å². The second-order valence-electron chi connectivity index (χ2n) is 5.79. The van der Waals surface area contributed by atoms with Crippen LogP contribution in [0.15, 0.2) is 27.6 Å². The van der Waals surface area contributed by atoms with Gasteiger partial charge in [-0.15, -0.1) is 0 Å². The highest BCUT2D eigenvalue weighted by atomic mass is 79.9. The first kappa shape index (κ1) is 16.5. The maximum atomic E-state index is 12.4. The molecule has 0 atom stereocenters. The zero-order chi connectivity index (χ0) is 15.7. The summed E-state index contributed by atoms with van der Waals surface area (Å²) in [6.07, 6.45) is 4.25. The lowest BCUT2D eigenvalue weighted by Crippen LogP contribution is -2.34. The average molecular weight is 376 g/mol. The molecule has 1 aromatic carbocycles. The van der Waals surface area contributed by atoms with Gasteiger partial charge in [0.25, 0.3) is 0 Å². The van der Waals surface area contributed by atoms with Gasteiger partial charge in [-0.2, -0.15) is 0 Å². The number of hydrogen-bond acceptors (Lipinski definition) is 3. The molecule has 0 spiro atoms. The molecule has 0 aliphatic heterocycles. The Kier molecular flexibility index (Phi) is 4.75. The van der Waals surface area contributed by atoms with Gasteiger partial charge in [0.1, 0.15) is 0 Å². The largest absolute Gasteiger partial charge is 0.478 e.